The van der Waals surface area contributed by atoms with Gasteiger partial charge in [0.05, 0.1) is 13.3 Å². The van der Waals surface area contributed by atoms with Gasteiger partial charge in [0.1, 0.15) is 5.52 Å². The average Bonchev–Trinajstić information content (AvgIpc) is 3.15. The molecule has 0 aromatic carbocycles. The van der Waals surface area contributed by atoms with Gasteiger partial charge in [-0.2, -0.15) is 4.98 Å². The predicted molar refractivity (Wildman–Crippen MR) is 71.2 cm³/mol. The summed E-state index contributed by atoms with van der Waals surface area (Å²) in [5.74, 6) is 2.18. The van der Waals surface area contributed by atoms with E-state index in [9.17, 15) is 4.79 Å². The number of aromatic amines is 1. The number of nitrogens with zero attached hydrogens (tertiary/aromatic N) is 3. The van der Waals surface area contributed by atoms with Crippen molar-refractivity contribution in [3.8, 4) is 0 Å². The Labute approximate surface area is 113 Å². The fraction of sp³-hybridized carbons (Fsp3) is 0.455. The van der Waals surface area contributed by atoms with E-state index in [2.05, 4.69) is 30.0 Å². The molecule has 0 radical (unpaired) electrons. The number of ether oxygens (including phenoxy) is 1. The second-order valence-electron chi connectivity index (χ2n) is 4.35. The van der Waals surface area contributed by atoms with Gasteiger partial charge in [-0.15, -0.1) is 0 Å². The maximum Gasteiger partial charge on any atom is 0.413 e. The summed E-state index contributed by atoms with van der Waals surface area (Å²) in [5.41, 5.74) is 1.22. The highest BCUT2D eigenvalue weighted by atomic mass is 32.2. The van der Waals surface area contributed by atoms with Crippen LogP contribution < -0.4 is 5.32 Å². The van der Waals surface area contributed by atoms with Crippen molar-refractivity contribution >= 4 is 35.0 Å². The molecule has 2 aromatic rings. The molecule has 1 aliphatic carbocycles. The van der Waals surface area contributed by atoms with Crippen LogP contribution in [0.5, 0.6) is 0 Å². The number of nitrogens with one attached hydrogen (secondary N) is 2. The summed E-state index contributed by atoms with van der Waals surface area (Å²) in [7, 11) is 1.30. The van der Waals surface area contributed by atoms with Crippen LogP contribution in [0.2, 0.25) is 0 Å². The zero-order chi connectivity index (χ0) is 13.2. The highest BCUT2D eigenvalue weighted by molar-refractivity contribution is 7.99. The highest BCUT2D eigenvalue weighted by Gasteiger charge is 2.21. The molecule has 3 rings (SSSR count). The number of H-pyrrole nitrogens is 1. The summed E-state index contributed by atoms with van der Waals surface area (Å²) in [6.07, 6.45) is 3.72. The predicted octanol–water partition coefficient (Wildman–Crippen LogP) is 2.03. The van der Waals surface area contributed by atoms with Gasteiger partial charge in [0.25, 0.3) is 0 Å². The molecule has 2 aromatic heterocycles. The summed E-state index contributed by atoms with van der Waals surface area (Å²) in [4.78, 5) is 26.8. The van der Waals surface area contributed by atoms with E-state index in [1.807, 2.05) is 0 Å². The van der Waals surface area contributed by atoms with Crippen LogP contribution in [-0.2, 0) is 4.74 Å². The molecule has 1 amide bonds. The van der Waals surface area contributed by atoms with Gasteiger partial charge in [-0.3, -0.25) is 5.32 Å². The molecular formula is C11H13N5O2S. The molecule has 0 atom stereocenters. The SMILES string of the molecule is COC(=O)Nc1nc2nc(SCC3CC3)ncc2[nH]1. The van der Waals surface area contributed by atoms with E-state index in [4.69, 9.17) is 0 Å². The van der Waals surface area contributed by atoms with Crippen molar-refractivity contribution < 1.29 is 9.53 Å². The van der Waals surface area contributed by atoms with Crippen LogP contribution in [-0.4, -0.2) is 38.9 Å². The second kappa shape index (κ2) is 5.04. The Bertz CT molecular complexity index is 610. The maximum atomic E-state index is 11.1. The standard InChI is InChI=1S/C11H13N5O2S/c1-18-11(17)16-9-13-7-4-12-10(15-8(7)14-9)19-5-6-2-3-6/h4,6H,2-3,5H2,1H3,(H2,12,13,14,15,16,17). The fourth-order valence-corrected chi connectivity index (χ4v) is 2.54. The first-order valence-electron chi connectivity index (χ1n) is 5.95. The van der Waals surface area contributed by atoms with E-state index in [1.54, 1.807) is 18.0 Å². The van der Waals surface area contributed by atoms with Gasteiger partial charge in [-0.25, -0.2) is 14.8 Å². The number of anilines is 1. The minimum Gasteiger partial charge on any atom is -0.453 e. The Morgan fingerprint density at radius 1 is 1.58 bits per heavy atom. The number of hydrogen-bond acceptors (Lipinski definition) is 6. The van der Waals surface area contributed by atoms with Gasteiger partial charge in [0.15, 0.2) is 10.8 Å². The van der Waals surface area contributed by atoms with Gasteiger partial charge in [-0.1, -0.05) is 11.8 Å². The third-order valence-electron chi connectivity index (χ3n) is 2.77. The number of methoxy groups -OCH3 is 1. The maximum absolute atomic E-state index is 11.1. The molecule has 1 saturated carbocycles. The van der Waals surface area contributed by atoms with Crippen molar-refractivity contribution in [2.45, 2.75) is 18.0 Å². The Morgan fingerprint density at radius 3 is 3.16 bits per heavy atom. The zero-order valence-electron chi connectivity index (χ0n) is 10.3. The molecule has 0 spiro atoms. The molecule has 0 saturated heterocycles. The van der Waals surface area contributed by atoms with Crippen molar-refractivity contribution in [1.29, 1.82) is 0 Å². The largest absolute Gasteiger partial charge is 0.453 e. The monoisotopic (exact) mass is 279 g/mol. The third-order valence-corrected chi connectivity index (χ3v) is 3.86. The molecule has 19 heavy (non-hydrogen) atoms. The van der Waals surface area contributed by atoms with Crippen molar-refractivity contribution in [3.05, 3.63) is 6.20 Å². The van der Waals surface area contributed by atoms with E-state index < -0.39 is 6.09 Å². The summed E-state index contributed by atoms with van der Waals surface area (Å²) >= 11 is 1.65. The van der Waals surface area contributed by atoms with Crippen LogP contribution in [0.4, 0.5) is 10.7 Å². The number of fused-ring (bicyclic) bond motifs is 1. The lowest BCUT2D eigenvalue weighted by atomic mass is 10.5. The van der Waals surface area contributed by atoms with E-state index in [-0.39, 0.29) is 0 Å². The molecule has 1 aliphatic rings. The molecule has 0 bridgehead atoms. The summed E-state index contributed by atoms with van der Waals surface area (Å²) in [6, 6.07) is 0. The minimum atomic E-state index is -0.574. The lowest BCUT2D eigenvalue weighted by Gasteiger charge is -1.96. The lowest BCUT2D eigenvalue weighted by Crippen LogP contribution is -2.11. The van der Waals surface area contributed by atoms with Crippen molar-refractivity contribution in [3.63, 3.8) is 0 Å². The van der Waals surface area contributed by atoms with E-state index >= 15 is 0 Å². The number of hydrogen-bond donors (Lipinski definition) is 2. The number of carbonyl (C=O) groups excluding carboxylic acids is 1. The normalized spacial score (nSPS) is 14.6. The Balaban J connectivity index is 1.75. The first-order valence-corrected chi connectivity index (χ1v) is 6.93. The van der Waals surface area contributed by atoms with Crippen LogP contribution in [0.1, 0.15) is 12.8 Å². The third kappa shape index (κ3) is 2.95. The first kappa shape index (κ1) is 12.2. The molecule has 7 nitrogen and oxygen atoms in total. The van der Waals surface area contributed by atoms with E-state index in [0.717, 1.165) is 16.8 Å². The van der Waals surface area contributed by atoms with E-state index in [0.29, 0.717) is 17.1 Å². The smallest absolute Gasteiger partial charge is 0.413 e. The molecule has 8 heteroatoms. The average molecular weight is 279 g/mol. The quantitative estimate of drug-likeness (QED) is 0.657. The molecule has 0 unspecified atom stereocenters. The van der Waals surface area contributed by atoms with Gasteiger partial charge in [-0.05, 0) is 18.8 Å². The molecule has 100 valence electrons. The number of amides is 1. The number of thioether (sulfide) groups is 1. The molecular weight excluding hydrogens is 266 g/mol. The van der Waals surface area contributed by atoms with Crippen LogP contribution in [0, 0.1) is 5.92 Å². The number of aromatic nitrogens is 4. The summed E-state index contributed by atoms with van der Waals surface area (Å²) < 4.78 is 4.50. The van der Waals surface area contributed by atoms with Crippen LogP contribution in [0.15, 0.2) is 11.4 Å². The van der Waals surface area contributed by atoms with E-state index in [1.165, 1.54) is 20.0 Å². The van der Waals surface area contributed by atoms with Gasteiger partial charge >= 0.3 is 6.09 Å². The molecule has 2 N–H and O–H groups in total. The van der Waals surface area contributed by atoms with Gasteiger partial charge in [0.2, 0.25) is 5.95 Å². The minimum absolute atomic E-state index is 0.306. The Kier molecular flexibility index (Phi) is 3.24. The number of imidazole rings is 1. The lowest BCUT2D eigenvalue weighted by molar-refractivity contribution is 0.186. The first-order chi connectivity index (χ1) is 9.24. The van der Waals surface area contributed by atoms with Crippen molar-refractivity contribution in [2.75, 3.05) is 18.2 Å². The van der Waals surface area contributed by atoms with Gasteiger partial charge < -0.3 is 9.72 Å². The highest BCUT2D eigenvalue weighted by Crippen LogP contribution is 2.34. The number of carbonyl (C=O) groups is 1. The topological polar surface area (TPSA) is 92.8 Å². The Hall–Kier alpha value is -1.83. The number of rotatable bonds is 4. The summed E-state index contributed by atoms with van der Waals surface area (Å²) in [6.45, 7) is 0. The molecule has 2 heterocycles. The Morgan fingerprint density at radius 2 is 2.42 bits per heavy atom. The molecule has 1 fully saturated rings. The second-order valence-corrected chi connectivity index (χ2v) is 5.33. The van der Waals surface area contributed by atoms with Crippen LogP contribution >= 0.6 is 11.8 Å². The van der Waals surface area contributed by atoms with Crippen molar-refractivity contribution in [2.24, 2.45) is 5.92 Å². The molecule has 0 aliphatic heterocycles. The van der Waals surface area contributed by atoms with Crippen LogP contribution in [0.3, 0.4) is 0 Å². The van der Waals surface area contributed by atoms with Gasteiger partial charge in [0, 0.05) is 5.75 Å². The summed E-state index contributed by atoms with van der Waals surface area (Å²) in [5, 5.41) is 3.18. The van der Waals surface area contributed by atoms with Crippen molar-refractivity contribution in [1.82, 2.24) is 19.9 Å². The zero-order valence-corrected chi connectivity index (χ0v) is 11.2. The van der Waals surface area contributed by atoms with Crippen LogP contribution in [0.25, 0.3) is 11.2 Å². The fourth-order valence-electron chi connectivity index (χ4n) is 1.55.